The number of thiophene rings is 1. The molecule has 5 nitrogen and oxygen atoms in total. The predicted molar refractivity (Wildman–Crippen MR) is 87.5 cm³/mol. The Labute approximate surface area is 137 Å². The topological polar surface area (TPSA) is 65.2 Å². The molecule has 0 amide bonds. The first-order valence-corrected chi connectivity index (χ1v) is 8.62. The molecule has 0 unspecified atom stereocenters. The van der Waals surface area contributed by atoms with Gasteiger partial charge in [0.1, 0.15) is 6.10 Å². The van der Waals surface area contributed by atoms with Gasteiger partial charge in [0.2, 0.25) is 0 Å². The summed E-state index contributed by atoms with van der Waals surface area (Å²) in [6.45, 7) is 1.81. The smallest absolute Gasteiger partial charge is 0.339 e. The minimum Gasteiger partial charge on any atom is -0.459 e. The zero-order valence-corrected chi connectivity index (χ0v) is 13.6. The lowest BCUT2D eigenvalue weighted by atomic mass is 10.1. The quantitative estimate of drug-likeness (QED) is 0.668. The molecule has 3 aromatic heterocycles. The highest BCUT2D eigenvalue weighted by Crippen LogP contribution is 2.31. The molecule has 0 saturated heterocycles. The molecule has 1 fully saturated rings. The highest BCUT2D eigenvalue weighted by Gasteiger charge is 2.24. The van der Waals surface area contributed by atoms with E-state index >= 15 is 0 Å². The second kappa shape index (κ2) is 5.77. The average Bonchev–Trinajstić information content (AvgIpc) is 3.28. The lowest BCUT2D eigenvalue weighted by Crippen LogP contribution is -2.15. The summed E-state index contributed by atoms with van der Waals surface area (Å²) in [4.78, 5) is 18.1. The number of aryl methyl sites for hydroxylation is 1. The maximum absolute atomic E-state index is 12.7. The van der Waals surface area contributed by atoms with Crippen molar-refractivity contribution in [3.63, 3.8) is 0 Å². The molecule has 0 bridgehead atoms. The van der Waals surface area contributed by atoms with E-state index < -0.39 is 0 Å². The molecule has 3 heterocycles. The van der Waals surface area contributed by atoms with Crippen LogP contribution in [-0.4, -0.2) is 22.2 Å². The van der Waals surface area contributed by atoms with Gasteiger partial charge in [-0.25, -0.2) is 9.78 Å². The van der Waals surface area contributed by atoms with Crippen molar-refractivity contribution in [1.82, 2.24) is 10.1 Å². The van der Waals surface area contributed by atoms with Gasteiger partial charge >= 0.3 is 5.97 Å². The zero-order chi connectivity index (χ0) is 15.8. The van der Waals surface area contributed by atoms with Crippen molar-refractivity contribution in [3.8, 4) is 10.6 Å². The van der Waals surface area contributed by atoms with Crippen LogP contribution < -0.4 is 0 Å². The predicted octanol–water partition coefficient (Wildman–Crippen LogP) is 4.36. The summed E-state index contributed by atoms with van der Waals surface area (Å²) in [5.41, 5.74) is 2.24. The van der Waals surface area contributed by atoms with Gasteiger partial charge < -0.3 is 9.26 Å². The van der Waals surface area contributed by atoms with Crippen LogP contribution in [0.2, 0.25) is 0 Å². The molecule has 0 aliphatic heterocycles. The number of carbonyl (C=O) groups excluding carboxylic acids is 1. The number of nitrogens with zero attached hydrogens (tertiary/aromatic N) is 2. The lowest BCUT2D eigenvalue weighted by molar-refractivity contribution is 0.0320. The molecular formula is C17H16N2O3S. The molecule has 1 aliphatic rings. The van der Waals surface area contributed by atoms with Crippen molar-refractivity contribution < 1.29 is 14.1 Å². The maximum atomic E-state index is 12.7. The Morgan fingerprint density at radius 1 is 1.39 bits per heavy atom. The fraction of sp³-hybridized carbons (Fsp3) is 0.353. The zero-order valence-electron chi connectivity index (χ0n) is 12.7. The molecule has 0 aromatic carbocycles. The van der Waals surface area contributed by atoms with Gasteiger partial charge in [0.05, 0.1) is 27.2 Å². The van der Waals surface area contributed by atoms with Crippen LogP contribution in [-0.2, 0) is 4.74 Å². The Balaban J connectivity index is 1.79. The number of carbonyl (C=O) groups is 1. The maximum Gasteiger partial charge on any atom is 0.339 e. The number of aromatic nitrogens is 2. The van der Waals surface area contributed by atoms with Gasteiger partial charge in [0.15, 0.2) is 0 Å². The molecule has 118 valence electrons. The van der Waals surface area contributed by atoms with Gasteiger partial charge in [-0.2, -0.15) is 0 Å². The van der Waals surface area contributed by atoms with Crippen LogP contribution in [0.5, 0.6) is 0 Å². The fourth-order valence-electron chi connectivity index (χ4n) is 3.03. The monoisotopic (exact) mass is 328 g/mol. The van der Waals surface area contributed by atoms with Crippen LogP contribution in [0.1, 0.15) is 41.7 Å². The van der Waals surface area contributed by atoms with Gasteiger partial charge in [-0.1, -0.05) is 11.2 Å². The van der Waals surface area contributed by atoms with Crippen molar-refractivity contribution in [2.75, 3.05) is 0 Å². The van der Waals surface area contributed by atoms with E-state index in [0.29, 0.717) is 28.1 Å². The average molecular weight is 328 g/mol. The Bertz CT molecular complexity index is 848. The van der Waals surface area contributed by atoms with E-state index in [0.717, 1.165) is 30.6 Å². The van der Waals surface area contributed by atoms with Crippen LogP contribution in [0.4, 0.5) is 0 Å². The molecule has 1 aliphatic carbocycles. The van der Waals surface area contributed by atoms with Gasteiger partial charge in [-0.15, -0.1) is 11.3 Å². The SMILES string of the molecule is Cc1noc2nc(-c3cccs3)cc(C(=O)OC3CCCC3)c12. The summed E-state index contributed by atoms with van der Waals surface area (Å²) in [5.74, 6) is -0.312. The number of hydrogen-bond acceptors (Lipinski definition) is 6. The van der Waals surface area contributed by atoms with Crippen LogP contribution in [0, 0.1) is 6.92 Å². The van der Waals surface area contributed by atoms with Crippen molar-refractivity contribution in [3.05, 3.63) is 34.8 Å². The van der Waals surface area contributed by atoms with E-state index in [1.165, 1.54) is 0 Å². The molecular weight excluding hydrogens is 312 g/mol. The standard InChI is InChI=1S/C17H16N2O3S/c1-10-15-12(17(20)21-11-5-2-3-6-11)9-13(14-7-4-8-23-14)18-16(15)22-19-10/h4,7-9,11H,2-3,5-6H2,1H3. The van der Waals surface area contributed by atoms with Gasteiger partial charge in [-0.05, 0) is 50.1 Å². The first kappa shape index (κ1) is 14.4. The summed E-state index contributed by atoms with van der Waals surface area (Å²) in [6, 6.07) is 5.71. The van der Waals surface area contributed by atoms with E-state index in [2.05, 4.69) is 10.1 Å². The molecule has 0 radical (unpaired) electrons. The molecule has 1 saturated carbocycles. The number of pyridine rings is 1. The van der Waals surface area contributed by atoms with Crippen molar-refractivity contribution in [2.24, 2.45) is 0 Å². The van der Waals surface area contributed by atoms with Gasteiger partial charge in [0, 0.05) is 0 Å². The van der Waals surface area contributed by atoms with E-state index in [1.54, 1.807) is 17.4 Å². The highest BCUT2D eigenvalue weighted by atomic mass is 32.1. The number of fused-ring (bicyclic) bond motifs is 1. The third-order valence-electron chi connectivity index (χ3n) is 4.19. The van der Waals surface area contributed by atoms with Crippen LogP contribution in [0.25, 0.3) is 21.7 Å². The summed E-state index contributed by atoms with van der Waals surface area (Å²) in [6.07, 6.45) is 4.16. The Hall–Kier alpha value is -2.21. The third kappa shape index (κ3) is 2.63. The summed E-state index contributed by atoms with van der Waals surface area (Å²) in [5, 5.41) is 6.57. The molecule has 0 atom stereocenters. The fourth-order valence-corrected chi connectivity index (χ4v) is 3.71. The molecule has 4 rings (SSSR count). The largest absolute Gasteiger partial charge is 0.459 e. The lowest BCUT2D eigenvalue weighted by Gasteiger charge is -2.12. The summed E-state index contributed by atoms with van der Waals surface area (Å²) in [7, 11) is 0. The normalized spacial score (nSPS) is 15.3. The molecule has 6 heteroatoms. The van der Waals surface area contributed by atoms with Gasteiger partial charge in [0.25, 0.3) is 5.71 Å². The Kier molecular flexibility index (Phi) is 3.61. The van der Waals surface area contributed by atoms with Crippen molar-refractivity contribution in [1.29, 1.82) is 0 Å². The first-order valence-electron chi connectivity index (χ1n) is 7.74. The second-order valence-corrected chi connectivity index (χ2v) is 6.74. The van der Waals surface area contributed by atoms with Crippen LogP contribution in [0.3, 0.4) is 0 Å². The molecule has 23 heavy (non-hydrogen) atoms. The van der Waals surface area contributed by atoms with Crippen LogP contribution in [0.15, 0.2) is 28.1 Å². The van der Waals surface area contributed by atoms with Crippen molar-refractivity contribution in [2.45, 2.75) is 38.7 Å². The van der Waals surface area contributed by atoms with E-state index in [9.17, 15) is 4.79 Å². The van der Waals surface area contributed by atoms with Gasteiger partial charge in [-0.3, -0.25) is 0 Å². The molecule has 0 spiro atoms. The minimum atomic E-state index is -0.312. The summed E-state index contributed by atoms with van der Waals surface area (Å²) < 4.78 is 11.0. The number of esters is 1. The Morgan fingerprint density at radius 3 is 2.96 bits per heavy atom. The second-order valence-electron chi connectivity index (χ2n) is 5.79. The number of rotatable bonds is 3. The Morgan fingerprint density at radius 2 is 2.22 bits per heavy atom. The van der Waals surface area contributed by atoms with E-state index in [4.69, 9.17) is 9.26 Å². The first-order chi connectivity index (χ1) is 11.2. The molecule has 3 aromatic rings. The van der Waals surface area contributed by atoms with Crippen LogP contribution >= 0.6 is 11.3 Å². The minimum absolute atomic E-state index is 0.0241. The number of hydrogen-bond donors (Lipinski definition) is 0. The van der Waals surface area contributed by atoms with Crippen molar-refractivity contribution >= 4 is 28.4 Å². The third-order valence-corrected chi connectivity index (χ3v) is 5.08. The highest BCUT2D eigenvalue weighted by molar-refractivity contribution is 7.13. The van der Waals surface area contributed by atoms with E-state index in [-0.39, 0.29) is 12.1 Å². The summed E-state index contributed by atoms with van der Waals surface area (Å²) >= 11 is 1.57. The number of ether oxygens (including phenoxy) is 1. The molecule has 0 N–H and O–H groups in total. The van der Waals surface area contributed by atoms with E-state index in [1.807, 2.05) is 24.4 Å².